The topological polar surface area (TPSA) is 90.6 Å². The highest BCUT2D eigenvalue weighted by molar-refractivity contribution is 5.94. The Balaban J connectivity index is 1.10. The van der Waals surface area contributed by atoms with Gasteiger partial charge in [0.25, 0.3) is 0 Å². The summed E-state index contributed by atoms with van der Waals surface area (Å²) in [6.45, 7) is 7.38. The van der Waals surface area contributed by atoms with E-state index in [1.165, 1.54) is 36.4 Å². The smallest absolute Gasteiger partial charge is 0.222 e. The van der Waals surface area contributed by atoms with Crippen LogP contribution in [0.5, 0.6) is 0 Å². The molecule has 7 aromatic carbocycles. The van der Waals surface area contributed by atoms with Crippen LogP contribution < -0.4 is 0 Å². The number of hydrogen-bond acceptors (Lipinski definition) is 5. The highest BCUT2D eigenvalue weighted by Gasteiger charge is 2.18. The Morgan fingerprint density at radius 1 is 0.348 bits per heavy atom. The second-order valence-corrected chi connectivity index (χ2v) is 16.1. The second-order valence-electron chi connectivity index (χ2n) is 16.1. The quantitative estimate of drug-likeness (QED) is 0.135. The summed E-state index contributed by atoms with van der Waals surface area (Å²) < 4.78 is 42.6. The van der Waals surface area contributed by atoms with E-state index >= 15 is 0 Å². The van der Waals surface area contributed by atoms with Crippen molar-refractivity contribution in [2.75, 3.05) is 0 Å². The molecule has 10 rings (SSSR count). The third-order valence-corrected chi connectivity index (χ3v) is 12.0. The van der Waals surface area contributed by atoms with Crippen molar-refractivity contribution in [1.29, 1.82) is 10.5 Å². The highest BCUT2D eigenvalue weighted by Crippen LogP contribution is 2.42. The molecule has 69 heavy (non-hydrogen) atoms. The average Bonchev–Trinajstić information content (AvgIpc) is 3.41. The van der Waals surface area contributed by atoms with Crippen molar-refractivity contribution in [1.82, 2.24) is 15.0 Å². The Kier molecular flexibility index (Phi) is 11.6. The van der Waals surface area contributed by atoms with Crippen molar-refractivity contribution in [3.63, 3.8) is 0 Å². The number of nitrogens with zero attached hydrogens (tertiary/aromatic N) is 6. The molecule has 0 atom stereocenters. The van der Waals surface area contributed by atoms with Gasteiger partial charge in [0.05, 0.1) is 34.8 Å². The molecule has 0 aliphatic heterocycles. The minimum absolute atomic E-state index is 0.0507. The largest absolute Gasteiger partial charge is 0.256 e. The lowest BCUT2D eigenvalue weighted by atomic mass is 9.86. The maximum absolute atomic E-state index is 14.2. The molecule has 0 unspecified atom stereocenters. The number of benzene rings is 7. The predicted octanol–water partition coefficient (Wildman–Crippen LogP) is 15.6. The lowest BCUT2D eigenvalue weighted by Gasteiger charge is -2.18. The molecule has 0 N–H and O–H groups in total. The predicted molar refractivity (Wildman–Crippen MR) is 264 cm³/mol. The number of rotatable bonds is 9. The first-order valence-corrected chi connectivity index (χ1v) is 21.7. The summed E-state index contributed by atoms with van der Waals surface area (Å²) in [4.78, 5) is 17.6. The van der Waals surface area contributed by atoms with Crippen LogP contribution in [0.2, 0.25) is 0 Å². The molecule has 3 aromatic heterocycles. The lowest BCUT2D eigenvalue weighted by molar-refractivity contribution is 0.623. The highest BCUT2D eigenvalue weighted by atomic mass is 19.1. The molecular weight excluding hydrogens is 862 g/mol. The molecule has 0 bridgehead atoms. The minimum Gasteiger partial charge on any atom is -0.256 e. The Morgan fingerprint density at radius 3 is 0.957 bits per heavy atom. The van der Waals surface area contributed by atoms with Crippen molar-refractivity contribution in [3.05, 3.63) is 241 Å². The Labute approximate surface area is 396 Å². The summed E-state index contributed by atoms with van der Waals surface area (Å²) in [5.41, 5.74) is 14.6. The average molecular weight is 895 g/mol. The molecule has 10 aromatic rings. The summed E-state index contributed by atoms with van der Waals surface area (Å²) in [5.74, 6) is -1.75. The van der Waals surface area contributed by atoms with Crippen molar-refractivity contribution < 1.29 is 13.2 Å². The van der Waals surface area contributed by atoms with E-state index in [4.69, 9.17) is 21.5 Å². The maximum Gasteiger partial charge on any atom is 0.222 e. The number of hydrogen-bond donors (Lipinski definition) is 0. The van der Waals surface area contributed by atoms with E-state index in [2.05, 4.69) is 59.4 Å². The van der Waals surface area contributed by atoms with Gasteiger partial charge in [0.15, 0.2) is 0 Å². The molecule has 6 nitrogen and oxygen atoms in total. The van der Waals surface area contributed by atoms with Crippen molar-refractivity contribution in [2.24, 2.45) is 0 Å². The van der Waals surface area contributed by atoms with Crippen molar-refractivity contribution in [3.8, 4) is 113 Å². The van der Waals surface area contributed by atoms with Crippen LogP contribution in [-0.2, 0) is 0 Å². The molecule has 9 heteroatoms. The molecule has 0 fully saturated rings. The standard InChI is InChI=1S/C60H33F3N6/c1-66-60-31-39(16-22-56(60)63)59-25-19-42(36-69-59)50-10-4-7-13-53(50)45-29-43(51-11-5-2-8-48(51)40-17-23-57(67-34-40)37-14-20-54(61)46(26-37)32-64)28-44(30-45)52-12-6-3-9-49(52)41-18-24-58(68-35-41)38-15-21-55(62)47(27-38)33-65/h2-31,34-36H. The summed E-state index contributed by atoms with van der Waals surface area (Å²) in [6, 6.07) is 59.4. The zero-order chi connectivity index (χ0) is 47.4. The van der Waals surface area contributed by atoms with Gasteiger partial charge in [-0.3, -0.25) is 15.0 Å². The molecule has 0 saturated carbocycles. The first-order chi connectivity index (χ1) is 33.8. The zero-order valence-corrected chi connectivity index (χ0v) is 36.4. The molecule has 0 amide bonds. The number of pyridine rings is 3. The van der Waals surface area contributed by atoms with Gasteiger partial charge in [-0.1, -0.05) is 97.1 Å². The molecule has 3 heterocycles. The van der Waals surface area contributed by atoms with Crippen LogP contribution in [0, 0.1) is 46.7 Å². The summed E-state index contributed by atoms with van der Waals surface area (Å²) in [7, 11) is 0. The lowest BCUT2D eigenvalue weighted by Crippen LogP contribution is -1.93. The second kappa shape index (κ2) is 18.6. The van der Waals surface area contributed by atoms with Gasteiger partial charge in [-0.05, 0) is 141 Å². The van der Waals surface area contributed by atoms with E-state index in [0.29, 0.717) is 33.8 Å². The van der Waals surface area contributed by atoms with E-state index in [1.54, 1.807) is 36.8 Å². The van der Waals surface area contributed by atoms with Gasteiger partial charge in [-0.2, -0.15) is 10.5 Å². The fraction of sp³-hybridized carbons (Fsp3) is 0. The molecule has 0 aliphatic carbocycles. The van der Waals surface area contributed by atoms with Crippen molar-refractivity contribution >= 4 is 5.69 Å². The van der Waals surface area contributed by atoms with E-state index in [-0.39, 0.29) is 16.8 Å². The third-order valence-electron chi connectivity index (χ3n) is 12.0. The number of aromatic nitrogens is 3. The van der Waals surface area contributed by atoms with Gasteiger partial charge in [0.1, 0.15) is 29.6 Å². The Bertz CT molecular complexity index is 3330. The van der Waals surface area contributed by atoms with Crippen LogP contribution in [-0.4, -0.2) is 15.0 Å². The third kappa shape index (κ3) is 8.62. The normalized spacial score (nSPS) is 10.8. The van der Waals surface area contributed by atoms with Crippen LogP contribution in [0.15, 0.2) is 201 Å². The van der Waals surface area contributed by atoms with E-state index in [1.807, 2.05) is 84.9 Å². The van der Waals surface area contributed by atoms with Crippen LogP contribution in [0.25, 0.3) is 105 Å². The Morgan fingerprint density at radius 2 is 0.652 bits per heavy atom. The molecule has 0 saturated heterocycles. The molecule has 0 spiro atoms. The minimum atomic E-state index is -0.584. The number of nitriles is 2. The molecule has 0 aliphatic rings. The van der Waals surface area contributed by atoms with Gasteiger partial charge >= 0.3 is 0 Å². The zero-order valence-electron chi connectivity index (χ0n) is 36.4. The van der Waals surface area contributed by atoms with Crippen molar-refractivity contribution in [2.45, 2.75) is 0 Å². The van der Waals surface area contributed by atoms with Gasteiger partial charge < -0.3 is 0 Å². The summed E-state index contributed by atoms with van der Waals surface area (Å²) in [5, 5.41) is 18.9. The summed E-state index contributed by atoms with van der Waals surface area (Å²) >= 11 is 0. The fourth-order valence-corrected chi connectivity index (χ4v) is 8.52. The first kappa shape index (κ1) is 43.2. The van der Waals surface area contributed by atoms with Gasteiger partial charge in [0, 0.05) is 46.4 Å². The van der Waals surface area contributed by atoms with Gasteiger partial charge in [-0.15, -0.1) is 0 Å². The molecule has 324 valence electrons. The monoisotopic (exact) mass is 894 g/mol. The first-order valence-electron chi connectivity index (χ1n) is 21.7. The molecular formula is C60H33F3N6. The maximum atomic E-state index is 14.2. The van der Waals surface area contributed by atoms with Crippen LogP contribution in [0.3, 0.4) is 0 Å². The Hall–Kier alpha value is -9.75. The van der Waals surface area contributed by atoms with Crippen LogP contribution >= 0.6 is 0 Å². The van der Waals surface area contributed by atoms with Gasteiger partial charge in [0.2, 0.25) is 5.69 Å². The van der Waals surface area contributed by atoms with Crippen LogP contribution in [0.4, 0.5) is 18.9 Å². The van der Waals surface area contributed by atoms with E-state index in [0.717, 1.165) is 66.8 Å². The van der Waals surface area contributed by atoms with Gasteiger partial charge in [-0.25, -0.2) is 18.0 Å². The van der Waals surface area contributed by atoms with Crippen LogP contribution in [0.1, 0.15) is 11.1 Å². The summed E-state index contributed by atoms with van der Waals surface area (Å²) in [6.07, 6.45) is 5.36. The molecule has 0 radical (unpaired) electrons. The number of halogens is 3. The van der Waals surface area contributed by atoms with E-state index < -0.39 is 17.5 Å². The van der Waals surface area contributed by atoms with E-state index in [9.17, 15) is 23.7 Å². The fourth-order valence-electron chi connectivity index (χ4n) is 8.52. The SMILES string of the molecule is [C-]#[N+]c1cc(-c2ccc(-c3ccccc3-c3cc(-c4ccccc4-c4ccc(-c5ccc(F)c(C#N)c5)nc4)cc(-c4ccccc4-c4ccc(-c5ccc(F)c(C#N)c5)nc4)c3)cn2)ccc1F.